The molecule has 19 heavy (non-hydrogen) atoms. The lowest BCUT2D eigenvalue weighted by molar-refractivity contribution is -0.0424. The van der Waals surface area contributed by atoms with Gasteiger partial charge in [-0.1, -0.05) is 0 Å². The molecule has 2 nitrogen and oxygen atoms in total. The molecule has 4 fully saturated rings. The van der Waals surface area contributed by atoms with Crippen LogP contribution >= 0.6 is 0 Å². The molecule has 1 heterocycles. The molecule has 0 radical (unpaired) electrons. The Kier molecular flexibility index (Phi) is 2.95. The van der Waals surface area contributed by atoms with Crippen LogP contribution < -0.4 is 5.73 Å². The van der Waals surface area contributed by atoms with E-state index in [4.69, 9.17) is 5.73 Å². The van der Waals surface area contributed by atoms with Crippen molar-refractivity contribution < 1.29 is 0 Å². The first-order valence-corrected chi connectivity index (χ1v) is 8.14. The molecule has 1 unspecified atom stereocenters. The predicted molar refractivity (Wildman–Crippen MR) is 77.6 cm³/mol. The average molecular weight is 258 g/mol. The fraction of sp³-hybridized carbons (Fsp3) is 0.765. The van der Waals surface area contributed by atoms with Crippen molar-refractivity contribution >= 4 is 0 Å². The third kappa shape index (κ3) is 2.24. The maximum Gasteiger partial charge on any atom is 0.0371 e. The van der Waals surface area contributed by atoms with Crippen molar-refractivity contribution in [1.82, 2.24) is 4.57 Å². The lowest BCUT2D eigenvalue weighted by atomic mass is 9.51. The fourth-order valence-electron chi connectivity index (χ4n) is 5.61. The first-order chi connectivity index (χ1) is 9.28. The first-order valence-electron chi connectivity index (χ1n) is 8.14. The number of hydrogen-bond donors (Lipinski definition) is 1. The number of aromatic nitrogens is 1. The molecule has 104 valence electrons. The van der Waals surface area contributed by atoms with Crippen LogP contribution in [-0.4, -0.2) is 10.6 Å². The van der Waals surface area contributed by atoms with Gasteiger partial charge < -0.3 is 10.3 Å². The van der Waals surface area contributed by atoms with Crippen LogP contribution in [0.5, 0.6) is 0 Å². The van der Waals surface area contributed by atoms with E-state index in [0.29, 0.717) is 6.04 Å². The number of nitrogens with zero attached hydrogens (tertiary/aromatic N) is 1. The molecule has 4 aliphatic rings. The van der Waals surface area contributed by atoms with Gasteiger partial charge in [-0.05, 0) is 80.2 Å². The van der Waals surface area contributed by atoms with Crippen molar-refractivity contribution in [3.8, 4) is 0 Å². The van der Waals surface area contributed by atoms with Gasteiger partial charge in [-0.25, -0.2) is 0 Å². The van der Waals surface area contributed by atoms with Gasteiger partial charge in [-0.2, -0.15) is 0 Å². The highest BCUT2D eigenvalue weighted by atomic mass is 15.0. The summed E-state index contributed by atoms with van der Waals surface area (Å²) < 4.78 is 2.24. The molecular formula is C17H26N2. The normalized spacial score (nSPS) is 41.6. The molecule has 1 atom stereocenters. The van der Waals surface area contributed by atoms with Gasteiger partial charge in [0.15, 0.2) is 0 Å². The Labute approximate surface area is 116 Å². The van der Waals surface area contributed by atoms with E-state index in [1.165, 1.54) is 32.1 Å². The molecule has 0 saturated heterocycles. The van der Waals surface area contributed by atoms with Crippen molar-refractivity contribution in [2.45, 2.75) is 51.1 Å². The zero-order valence-corrected chi connectivity index (χ0v) is 11.7. The molecular weight excluding hydrogens is 232 g/mol. The Morgan fingerprint density at radius 1 is 0.947 bits per heavy atom. The van der Waals surface area contributed by atoms with Gasteiger partial charge in [0.1, 0.15) is 0 Å². The van der Waals surface area contributed by atoms with E-state index in [2.05, 4.69) is 29.1 Å². The van der Waals surface area contributed by atoms with Crippen LogP contribution in [0.15, 0.2) is 24.5 Å². The lowest BCUT2D eigenvalue weighted by Gasteiger charge is -2.55. The largest absolute Gasteiger partial charge is 0.353 e. The van der Waals surface area contributed by atoms with Crippen molar-refractivity contribution in [3.05, 3.63) is 24.5 Å². The lowest BCUT2D eigenvalue weighted by Crippen LogP contribution is -2.47. The summed E-state index contributed by atoms with van der Waals surface area (Å²) in [5.74, 6) is 5.15. The average Bonchev–Trinajstić information content (AvgIpc) is 2.85. The summed E-state index contributed by atoms with van der Waals surface area (Å²) in [7, 11) is 0. The number of hydrogen-bond acceptors (Lipinski definition) is 1. The minimum Gasteiger partial charge on any atom is -0.353 e. The fourth-order valence-corrected chi connectivity index (χ4v) is 5.61. The first kappa shape index (κ1) is 12.0. The van der Waals surface area contributed by atoms with E-state index in [1.807, 2.05) is 0 Å². The Hall–Kier alpha value is -0.760. The molecule has 4 aliphatic carbocycles. The van der Waals surface area contributed by atoms with Crippen molar-refractivity contribution in [2.24, 2.45) is 35.3 Å². The predicted octanol–water partition coefficient (Wildman–Crippen LogP) is 3.28. The summed E-state index contributed by atoms with van der Waals surface area (Å²) >= 11 is 0. The van der Waals surface area contributed by atoms with Gasteiger partial charge in [-0.3, -0.25) is 0 Å². The molecule has 2 N–H and O–H groups in total. The molecule has 1 aromatic heterocycles. The molecule has 1 aromatic rings. The molecule has 5 rings (SSSR count). The van der Waals surface area contributed by atoms with Crippen molar-refractivity contribution in [2.75, 3.05) is 0 Å². The van der Waals surface area contributed by atoms with E-state index in [9.17, 15) is 0 Å². The molecule has 0 spiro atoms. The van der Waals surface area contributed by atoms with Crippen LogP contribution in [0.1, 0.15) is 38.5 Å². The number of nitrogens with two attached hydrogens (primary N) is 1. The molecule has 4 bridgehead atoms. The standard InChI is InChI=1S/C17H26N2/c18-16(11-19-3-1-2-4-19)10-17-14-6-12-5-13(8-14)9-15(17)7-12/h1-4,12-17H,5-11,18H2. The minimum absolute atomic E-state index is 0.343. The quantitative estimate of drug-likeness (QED) is 0.883. The van der Waals surface area contributed by atoms with E-state index in [-0.39, 0.29) is 0 Å². The van der Waals surface area contributed by atoms with Crippen molar-refractivity contribution in [1.29, 1.82) is 0 Å². The second-order valence-electron chi connectivity index (χ2n) is 7.47. The van der Waals surface area contributed by atoms with Gasteiger partial charge >= 0.3 is 0 Å². The summed E-state index contributed by atoms with van der Waals surface area (Å²) in [4.78, 5) is 0. The number of rotatable bonds is 4. The van der Waals surface area contributed by atoms with Gasteiger partial charge in [0.25, 0.3) is 0 Å². The van der Waals surface area contributed by atoms with Crippen LogP contribution in [0.3, 0.4) is 0 Å². The van der Waals surface area contributed by atoms with E-state index in [1.54, 1.807) is 6.42 Å². The topological polar surface area (TPSA) is 30.9 Å². The molecule has 2 heteroatoms. The van der Waals surface area contributed by atoms with E-state index >= 15 is 0 Å². The van der Waals surface area contributed by atoms with Crippen LogP contribution in [0.25, 0.3) is 0 Å². The molecule has 0 aliphatic heterocycles. The highest BCUT2D eigenvalue weighted by Gasteiger charge is 2.48. The SMILES string of the molecule is NC(CC1C2CC3CC(C2)CC1C3)Cn1cccc1. The maximum absolute atomic E-state index is 6.42. The summed E-state index contributed by atoms with van der Waals surface area (Å²) in [5, 5.41) is 0. The minimum atomic E-state index is 0.343. The van der Waals surface area contributed by atoms with E-state index < -0.39 is 0 Å². The van der Waals surface area contributed by atoms with Crippen molar-refractivity contribution in [3.63, 3.8) is 0 Å². The molecule has 0 aromatic carbocycles. The Bertz CT molecular complexity index is 394. The summed E-state index contributed by atoms with van der Waals surface area (Å²) in [6, 6.07) is 4.53. The zero-order valence-electron chi connectivity index (χ0n) is 11.7. The monoisotopic (exact) mass is 258 g/mol. The Morgan fingerprint density at radius 2 is 1.53 bits per heavy atom. The smallest absolute Gasteiger partial charge is 0.0371 e. The van der Waals surface area contributed by atoms with Gasteiger partial charge in [0, 0.05) is 25.0 Å². The highest BCUT2D eigenvalue weighted by molar-refractivity contribution is 4.99. The second kappa shape index (κ2) is 4.66. The Morgan fingerprint density at radius 3 is 2.11 bits per heavy atom. The Balaban J connectivity index is 1.40. The van der Waals surface area contributed by atoms with Gasteiger partial charge in [0.05, 0.1) is 0 Å². The summed E-state index contributed by atoms with van der Waals surface area (Å²) in [6.45, 7) is 0.996. The second-order valence-corrected chi connectivity index (χ2v) is 7.47. The third-order valence-electron chi connectivity index (χ3n) is 6.11. The molecule has 0 amide bonds. The highest BCUT2D eigenvalue weighted by Crippen LogP contribution is 2.57. The van der Waals surface area contributed by atoms with Gasteiger partial charge in [0.2, 0.25) is 0 Å². The third-order valence-corrected chi connectivity index (χ3v) is 6.11. The van der Waals surface area contributed by atoms with Crippen LogP contribution in [0.2, 0.25) is 0 Å². The van der Waals surface area contributed by atoms with Crippen LogP contribution in [-0.2, 0) is 6.54 Å². The van der Waals surface area contributed by atoms with Crippen LogP contribution in [0.4, 0.5) is 0 Å². The summed E-state index contributed by atoms with van der Waals surface area (Å²) in [6.07, 6.45) is 13.2. The van der Waals surface area contributed by atoms with Crippen LogP contribution in [0, 0.1) is 29.6 Å². The maximum atomic E-state index is 6.42. The zero-order chi connectivity index (χ0) is 12.8. The van der Waals surface area contributed by atoms with Gasteiger partial charge in [-0.15, -0.1) is 0 Å². The summed E-state index contributed by atoms with van der Waals surface area (Å²) in [5.41, 5.74) is 6.42. The molecule has 4 saturated carbocycles. The van der Waals surface area contributed by atoms with E-state index in [0.717, 1.165) is 36.1 Å².